The minimum Gasteiger partial charge on any atom is -0.449 e. The highest BCUT2D eigenvalue weighted by atomic mass is 35.5. The fourth-order valence-electron chi connectivity index (χ4n) is 1.05. The van der Waals surface area contributed by atoms with Gasteiger partial charge in [0.2, 0.25) is 0 Å². The molecule has 66 valence electrons. The summed E-state index contributed by atoms with van der Waals surface area (Å²) in [5.41, 5.74) is 6.63. The van der Waals surface area contributed by atoms with Gasteiger partial charge in [-0.2, -0.15) is 0 Å². The third-order valence-electron chi connectivity index (χ3n) is 1.63. The average Bonchev–Trinajstić information content (AvgIpc) is 2.26. The Kier molecular flexibility index (Phi) is 2.28. The maximum atomic E-state index is 8.42. The number of furan rings is 1. The Morgan fingerprint density at radius 1 is 1.58 bits per heavy atom. The number of amidine groups is 1. The van der Waals surface area contributed by atoms with Crippen molar-refractivity contribution in [1.82, 2.24) is 0 Å². The number of oxime groups is 1. The highest BCUT2D eigenvalue weighted by Crippen LogP contribution is 2.25. The molecule has 0 atom stereocenters. The van der Waals surface area contributed by atoms with Crippen molar-refractivity contribution in [3.63, 3.8) is 0 Å². The summed E-state index contributed by atoms with van der Waals surface area (Å²) in [4.78, 5) is 0. The number of nitrogens with two attached hydrogens (primary N) is 1. The van der Waals surface area contributed by atoms with Crippen LogP contribution in [0.15, 0.2) is 9.57 Å². The molecule has 0 aromatic carbocycles. The standard InChI is InChI=1S/C7H9ClN2O2/c1-3-5(7(9)10-11)4(2)12-6(3)8/h11H,1-2H3,(H2,9,10). The molecule has 1 aromatic heterocycles. The quantitative estimate of drug-likeness (QED) is 0.305. The van der Waals surface area contributed by atoms with Gasteiger partial charge in [0, 0.05) is 5.56 Å². The van der Waals surface area contributed by atoms with E-state index in [1.807, 2.05) is 0 Å². The minimum absolute atomic E-state index is 0.0145. The third kappa shape index (κ3) is 1.25. The van der Waals surface area contributed by atoms with Crippen molar-refractivity contribution in [3.8, 4) is 0 Å². The van der Waals surface area contributed by atoms with Crippen LogP contribution in [0.4, 0.5) is 0 Å². The van der Waals surface area contributed by atoms with Crippen molar-refractivity contribution >= 4 is 17.4 Å². The molecule has 0 aliphatic heterocycles. The van der Waals surface area contributed by atoms with Crippen molar-refractivity contribution in [2.75, 3.05) is 0 Å². The zero-order chi connectivity index (χ0) is 9.30. The van der Waals surface area contributed by atoms with E-state index in [1.54, 1.807) is 13.8 Å². The minimum atomic E-state index is 0.0145. The van der Waals surface area contributed by atoms with Gasteiger partial charge in [0.25, 0.3) is 0 Å². The Morgan fingerprint density at radius 2 is 2.17 bits per heavy atom. The summed E-state index contributed by atoms with van der Waals surface area (Å²) in [5, 5.41) is 11.6. The van der Waals surface area contributed by atoms with Crippen LogP contribution in [0.1, 0.15) is 16.9 Å². The van der Waals surface area contributed by atoms with Crippen molar-refractivity contribution < 1.29 is 9.62 Å². The van der Waals surface area contributed by atoms with Crippen LogP contribution in [0.3, 0.4) is 0 Å². The van der Waals surface area contributed by atoms with Gasteiger partial charge in [-0.3, -0.25) is 0 Å². The zero-order valence-electron chi connectivity index (χ0n) is 6.76. The fraction of sp³-hybridized carbons (Fsp3) is 0.286. The summed E-state index contributed by atoms with van der Waals surface area (Å²) >= 11 is 5.68. The highest BCUT2D eigenvalue weighted by Gasteiger charge is 2.15. The number of hydrogen-bond donors (Lipinski definition) is 2. The fourth-order valence-corrected chi connectivity index (χ4v) is 1.26. The van der Waals surface area contributed by atoms with E-state index in [-0.39, 0.29) is 11.1 Å². The molecule has 1 aromatic rings. The number of halogens is 1. The lowest BCUT2D eigenvalue weighted by molar-refractivity contribution is 0.318. The van der Waals surface area contributed by atoms with Crippen LogP contribution >= 0.6 is 11.6 Å². The summed E-state index contributed by atoms with van der Waals surface area (Å²) in [5.74, 6) is 0.563. The second kappa shape index (κ2) is 3.06. The second-order valence-electron chi connectivity index (χ2n) is 2.42. The molecule has 0 saturated carbocycles. The van der Waals surface area contributed by atoms with E-state index in [1.165, 1.54) is 0 Å². The summed E-state index contributed by atoms with van der Waals surface area (Å²) in [7, 11) is 0. The molecule has 4 nitrogen and oxygen atoms in total. The zero-order valence-corrected chi connectivity index (χ0v) is 7.51. The number of aryl methyl sites for hydroxylation is 1. The Morgan fingerprint density at radius 3 is 2.50 bits per heavy atom. The lowest BCUT2D eigenvalue weighted by Crippen LogP contribution is -2.14. The van der Waals surface area contributed by atoms with Gasteiger partial charge < -0.3 is 15.4 Å². The third-order valence-corrected chi connectivity index (χ3v) is 1.99. The molecule has 0 aliphatic rings. The topological polar surface area (TPSA) is 71.8 Å². The van der Waals surface area contributed by atoms with Crippen molar-refractivity contribution in [2.45, 2.75) is 13.8 Å². The Hall–Kier alpha value is -1.16. The van der Waals surface area contributed by atoms with Crippen molar-refractivity contribution in [3.05, 3.63) is 22.1 Å². The predicted octanol–water partition coefficient (Wildman–Crippen LogP) is 1.64. The summed E-state index contributed by atoms with van der Waals surface area (Å²) in [6.07, 6.45) is 0. The van der Waals surface area contributed by atoms with E-state index >= 15 is 0 Å². The predicted molar refractivity (Wildman–Crippen MR) is 45.7 cm³/mol. The van der Waals surface area contributed by atoms with Gasteiger partial charge in [-0.15, -0.1) is 0 Å². The molecular formula is C7H9ClN2O2. The maximum absolute atomic E-state index is 8.42. The van der Waals surface area contributed by atoms with Gasteiger partial charge in [0.05, 0.1) is 5.56 Å². The summed E-state index contributed by atoms with van der Waals surface area (Å²) in [6, 6.07) is 0. The Labute approximate surface area is 74.6 Å². The van der Waals surface area contributed by atoms with Crippen LogP contribution in [0.25, 0.3) is 0 Å². The van der Waals surface area contributed by atoms with Gasteiger partial charge in [-0.05, 0) is 25.4 Å². The van der Waals surface area contributed by atoms with E-state index in [9.17, 15) is 0 Å². The van der Waals surface area contributed by atoms with Crippen LogP contribution in [-0.2, 0) is 0 Å². The molecule has 0 unspecified atom stereocenters. The first-order valence-corrected chi connectivity index (χ1v) is 3.69. The van der Waals surface area contributed by atoms with E-state index in [2.05, 4.69) is 5.16 Å². The van der Waals surface area contributed by atoms with Gasteiger partial charge in [-0.1, -0.05) is 5.16 Å². The van der Waals surface area contributed by atoms with Gasteiger partial charge in [-0.25, -0.2) is 0 Å². The molecule has 0 aliphatic carbocycles. The molecule has 1 rings (SSSR count). The van der Waals surface area contributed by atoms with E-state index < -0.39 is 0 Å². The molecule has 0 spiro atoms. The summed E-state index contributed by atoms with van der Waals surface area (Å²) < 4.78 is 5.06. The van der Waals surface area contributed by atoms with Crippen LogP contribution in [-0.4, -0.2) is 11.0 Å². The number of nitrogens with zero attached hydrogens (tertiary/aromatic N) is 1. The smallest absolute Gasteiger partial charge is 0.197 e. The normalized spacial score (nSPS) is 12.1. The van der Waals surface area contributed by atoms with Crippen LogP contribution in [0, 0.1) is 13.8 Å². The molecule has 1 heterocycles. The molecular weight excluding hydrogens is 180 g/mol. The first-order chi connectivity index (χ1) is 5.57. The van der Waals surface area contributed by atoms with Crippen molar-refractivity contribution in [2.24, 2.45) is 10.9 Å². The Bertz CT molecular complexity index is 330. The molecule has 0 radical (unpaired) electrons. The van der Waals surface area contributed by atoms with E-state index in [0.717, 1.165) is 0 Å². The maximum Gasteiger partial charge on any atom is 0.197 e. The Balaban J connectivity index is 3.32. The van der Waals surface area contributed by atoms with Crippen LogP contribution in [0.2, 0.25) is 5.22 Å². The number of hydrogen-bond acceptors (Lipinski definition) is 3. The average molecular weight is 189 g/mol. The molecule has 0 saturated heterocycles. The molecule has 0 bridgehead atoms. The molecule has 3 N–H and O–H groups in total. The van der Waals surface area contributed by atoms with Crippen LogP contribution in [0.5, 0.6) is 0 Å². The molecule has 12 heavy (non-hydrogen) atoms. The molecule has 5 heteroatoms. The van der Waals surface area contributed by atoms with Crippen LogP contribution < -0.4 is 5.73 Å². The second-order valence-corrected chi connectivity index (χ2v) is 2.76. The van der Waals surface area contributed by atoms with E-state index in [0.29, 0.717) is 16.9 Å². The first-order valence-electron chi connectivity index (χ1n) is 3.31. The van der Waals surface area contributed by atoms with Gasteiger partial charge in [0.1, 0.15) is 5.76 Å². The molecule has 0 amide bonds. The van der Waals surface area contributed by atoms with Crippen molar-refractivity contribution in [1.29, 1.82) is 0 Å². The van der Waals surface area contributed by atoms with Gasteiger partial charge in [0.15, 0.2) is 11.1 Å². The van der Waals surface area contributed by atoms with E-state index in [4.69, 9.17) is 27.0 Å². The lowest BCUT2D eigenvalue weighted by atomic mass is 10.1. The lowest BCUT2D eigenvalue weighted by Gasteiger charge is -1.95. The highest BCUT2D eigenvalue weighted by molar-refractivity contribution is 6.30. The molecule has 0 fully saturated rings. The largest absolute Gasteiger partial charge is 0.449 e. The summed E-state index contributed by atoms with van der Waals surface area (Å²) in [6.45, 7) is 3.44. The monoisotopic (exact) mass is 188 g/mol. The van der Waals surface area contributed by atoms with Gasteiger partial charge >= 0.3 is 0 Å². The number of rotatable bonds is 1. The SMILES string of the molecule is Cc1oc(Cl)c(C)c1/C(N)=N\O. The first kappa shape index (κ1) is 8.93.